The zero-order chi connectivity index (χ0) is 17.1. The van der Waals surface area contributed by atoms with Crippen molar-refractivity contribution >= 4 is 0 Å². The highest BCUT2D eigenvalue weighted by Crippen LogP contribution is 2.29. The Hall–Kier alpha value is -3.53. The van der Waals surface area contributed by atoms with Crippen LogP contribution in [0.5, 0.6) is 5.75 Å². The lowest BCUT2D eigenvalue weighted by Gasteiger charge is -2.09. The highest BCUT2D eigenvalue weighted by Gasteiger charge is 2.10. The Morgan fingerprint density at radius 3 is 1.60 bits per heavy atom. The fraction of sp³-hybridized carbons (Fsp3) is 0. The summed E-state index contributed by atoms with van der Waals surface area (Å²) in [6.45, 7) is 0. The third kappa shape index (κ3) is 3.23. The maximum atomic E-state index is 9.54. The second-order valence-corrected chi connectivity index (χ2v) is 5.60. The van der Waals surface area contributed by atoms with Crippen LogP contribution in [0.15, 0.2) is 85.2 Å². The van der Waals surface area contributed by atoms with Crippen molar-refractivity contribution < 1.29 is 5.11 Å². The lowest BCUT2D eigenvalue weighted by atomic mass is 10.0. The number of hydrogen-bond acceptors (Lipinski definition) is 4. The number of rotatable bonds is 3. The first-order valence-corrected chi connectivity index (χ1v) is 7.94. The molecule has 4 aromatic rings. The molecule has 4 nitrogen and oxygen atoms in total. The number of phenolic OH excluding ortho intramolecular Hbond substituents is 1. The fourth-order valence-corrected chi connectivity index (χ4v) is 2.64. The molecule has 4 heteroatoms. The van der Waals surface area contributed by atoms with Gasteiger partial charge in [0.15, 0.2) is 0 Å². The predicted octanol–water partition coefficient (Wildman–Crippen LogP) is 4.58. The first-order valence-electron chi connectivity index (χ1n) is 7.94. The van der Waals surface area contributed by atoms with Gasteiger partial charge in [0.1, 0.15) is 5.75 Å². The van der Waals surface area contributed by atoms with Gasteiger partial charge in [-0.3, -0.25) is 9.97 Å². The Labute approximate surface area is 145 Å². The summed E-state index contributed by atoms with van der Waals surface area (Å²) < 4.78 is 0. The van der Waals surface area contributed by atoms with E-state index in [1.54, 1.807) is 24.5 Å². The molecule has 0 saturated carbocycles. The smallest absolute Gasteiger partial charge is 0.115 e. The van der Waals surface area contributed by atoms with Gasteiger partial charge in [-0.25, -0.2) is 4.98 Å². The number of aromatic hydroxyl groups is 1. The third-order valence-corrected chi connectivity index (χ3v) is 3.88. The fourth-order valence-electron chi connectivity index (χ4n) is 2.64. The minimum Gasteiger partial charge on any atom is -0.508 e. The van der Waals surface area contributed by atoms with Crippen molar-refractivity contribution in [1.82, 2.24) is 15.0 Å². The van der Waals surface area contributed by atoms with Gasteiger partial charge >= 0.3 is 0 Å². The monoisotopic (exact) mass is 325 g/mol. The van der Waals surface area contributed by atoms with E-state index >= 15 is 0 Å². The van der Waals surface area contributed by atoms with Crippen molar-refractivity contribution in [2.75, 3.05) is 0 Å². The zero-order valence-corrected chi connectivity index (χ0v) is 13.4. The number of pyridine rings is 3. The molecule has 0 aliphatic carbocycles. The van der Waals surface area contributed by atoms with Gasteiger partial charge in [-0.15, -0.1) is 0 Å². The van der Waals surface area contributed by atoms with E-state index in [0.717, 1.165) is 33.9 Å². The van der Waals surface area contributed by atoms with Crippen LogP contribution in [-0.2, 0) is 0 Å². The summed E-state index contributed by atoms with van der Waals surface area (Å²) in [6.07, 6.45) is 3.51. The highest BCUT2D eigenvalue weighted by molar-refractivity contribution is 5.74. The van der Waals surface area contributed by atoms with Crippen molar-refractivity contribution in [1.29, 1.82) is 0 Å². The first-order chi connectivity index (χ1) is 12.3. The lowest BCUT2D eigenvalue weighted by molar-refractivity contribution is 0.475. The summed E-state index contributed by atoms with van der Waals surface area (Å²) in [5.74, 6) is 0.243. The van der Waals surface area contributed by atoms with E-state index in [2.05, 4.69) is 9.97 Å². The minimum atomic E-state index is 0.243. The van der Waals surface area contributed by atoms with Crippen molar-refractivity contribution in [3.05, 3.63) is 85.2 Å². The van der Waals surface area contributed by atoms with Gasteiger partial charge in [-0.1, -0.05) is 24.3 Å². The maximum absolute atomic E-state index is 9.54. The zero-order valence-electron chi connectivity index (χ0n) is 13.4. The number of aromatic nitrogens is 3. The molecule has 0 amide bonds. The summed E-state index contributed by atoms with van der Waals surface area (Å²) in [7, 11) is 0. The van der Waals surface area contributed by atoms with Crippen LogP contribution >= 0.6 is 0 Å². The Morgan fingerprint density at radius 2 is 1.12 bits per heavy atom. The van der Waals surface area contributed by atoms with E-state index in [-0.39, 0.29) is 5.75 Å². The lowest BCUT2D eigenvalue weighted by Crippen LogP contribution is -1.93. The summed E-state index contributed by atoms with van der Waals surface area (Å²) >= 11 is 0. The van der Waals surface area contributed by atoms with Crippen LogP contribution < -0.4 is 0 Å². The van der Waals surface area contributed by atoms with E-state index in [9.17, 15) is 5.11 Å². The Balaban J connectivity index is 1.90. The second kappa shape index (κ2) is 6.53. The van der Waals surface area contributed by atoms with Crippen LogP contribution in [0.25, 0.3) is 33.9 Å². The van der Waals surface area contributed by atoms with Crippen LogP contribution in [0.4, 0.5) is 0 Å². The first kappa shape index (κ1) is 15.0. The molecule has 0 bridgehead atoms. The van der Waals surface area contributed by atoms with E-state index < -0.39 is 0 Å². The number of hydrogen-bond donors (Lipinski definition) is 1. The Morgan fingerprint density at radius 1 is 0.560 bits per heavy atom. The van der Waals surface area contributed by atoms with E-state index in [0.29, 0.717) is 0 Å². The topological polar surface area (TPSA) is 58.9 Å². The van der Waals surface area contributed by atoms with Crippen molar-refractivity contribution in [2.45, 2.75) is 0 Å². The predicted molar refractivity (Wildman–Crippen MR) is 97.8 cm³/mol. The molecular weight excluding hydrogens is 310 g/mol. The molecular formula is C21H15N3O. The minimum absolute atomic E-state index is 0.243. The maximum Gasteiger partial charge on any atom is 0.115 e. The molecule has 3 heterocycles. The Kier molecular flexibility index (Phi) is 3.92. The molecule has 0 atom stereocenters. The molecule has 0 unspecified atom stereocenters. The van der Waals surface area contributed by atoms with Gasteiger partial charge in [0.05, 0.1) is 22.8 Å². The van der Waals surface area contributed by atoms with Gasteiger partial charge in [-0.2, -0.15) is 0 Å². The largest absolute Gasteiger partial charge is 0.508 e. The normalized spacial score (nSPS) is 10.6. The second-order valence-electron chi connectivity index (χ2n) is 5.60. The average Bonchev–Trinajstić information content (AvgIpc) is 2.69. The third-order valence-electron chi connectivity index (χ3n) is 3.88. The summed E-state index contributed by atoms with van der Waals surface area (Å²) in [6, 6.07) is 22.6. The molecule has 3 aromatic heterocycles. The number of nitrogens with zero attached hydrogens (tertiary/aromatic N) is 3. The number of benzene rings is 1. The molecule has 1 N–H and O–H groups in total. The van der Waals surface area contributed by atoms with Crippen LogP contribution in [0.1, 0.15) is 0 Å². The standard InChI is InChI=1S/C21H15N3O/c25-17-9-7-15(8-10-17)16-13-20(18-5-1-3-11-22-18)24-21(14-16)19-6-2-4-12-23-19/h1-14,25H. The molecule has 0 fully saturated rings. The average molecular weight is 325 g/mol. The van der Waals surface area contributed by atoms with Crippen LogP contribution in [0, 0.1) is 0 Å². The van der Waals surface area contributed by atoms with Crippen molar-refractivity contribution in [3.8, 4) is 39.7 Å². The summed E-state index contributed by atoms with van der Waals surface area (Å²) in [5.41, 5.74) is 5.17. The molecule has 0 spiro atoms. The molecule has 25 heavy (non-hydrogen) atoms. The Bertz CT molecular complexity index is 927. The molecule has 0 aliphatic rings. The van der Waals surface area contributed by atoms with Crippen LogP contribution in [-0.4, -0.2) is 20.1 Å². The van der Waals surface area contributed by atoms with Gasteiger partial charge < -0.3 is 5.11 Å². The molecule has 4 rings (SSSR count). The van der Waals surface area contributed by atoms with E-state index in [4.69, 9.17) is 4.98 Å². The van der Waals surface area contributed by atoms with Crippen LogP contribution in [0.2, 0.25) is 0 Å². The molecule has 1 aromatic carbocycles. The molecule has 0 saturated heterocycles. The van der Waals surface area contributed by atoms with E-state index in [1.165, 1.54) is 0 Å². The van der Waals surface area contributed by atoms with Gasteiger partial charge in [0.25, 0.3) is 0 Å². The SMILES string of the molecule is Oc1ccc(-c2cc(-c3ccccn3)nc(-c3ccccn3)c2)cc1. The van der Waals surface area contributed by atoms with E-state index in [1.807, 2.05) is 60.7 Å². The quantitative estimate of drug-likeness (QED) is 0.599. The number of phenols is 1. The van der Waals surface area contributed by atoms with Gasteiger partial charge in [0.2, 0.25) is 0 Å². The van der Waals surface area contributed by atoms with Gasteiger partial charge in [-0.05, 0) is 59.7 Å². The summed E-state index contributed by atoms with van der Waals surface area (Å²) in [5, 5.41) is 9.54. The van der Waals surface area contributed by atoms with Crippen LogP contribution in [0.3, 0.4) is 0 Å². The molecule has 120 valence electrons. The molecule has 0 radical (unpaired) electrons. The van der Waals surface area contributed by atoms with Crippen molar-refractivity contribution in [2.24, 2.45) is 0 Å². The van der Waals surface area contributed by atoms with Gasteiger partial charge in [0, 0.05) is 12.4 Å². The summed E-state index contributed by atoms with van der Waals surface area (Å²) in [4.78, 5) is 13.6. The van der Waals surface area contributed by atoms with Crippen molar-refractivity contribution in [3.63, 3.8) is 0 Å². The highest BCUT2D eigenvalue weighted by atomic mass is 16.3. The molecule has 0 aliphatic heterocycles.